The fourth-order valence-corrected chi connectivity index (χ4v) is 4.41. The lowest BCUT2D eigenvalue weighted by Gasteiger charge is -2.35. The van der Waals surface area contributed by atoms with Crippen molar-refractivity contribution in [2.24, 2.45) is 0 Å². The number of aliphatic hydroxyl groups is 1. The number of halogens is 1. The van der Waals surface area contributed by atoms with Crippen LogP contribution in [0.2, 0.25) is 0 Å². The molecule has 164 valence electrons. The number of piperazine rings is 1. The second-order valence-corrected chi connectivity index (χ2v) is 8.12. The topological polar surface area (TPSA) is 56.9 Å². The van der Waals surface area contributed by atoms with E-state index in [0.29, 0.717) is 6.54 Å². The number of hydrogen-bond acceptors (Lipinski definition) is 5. The molecule has 7 heteroatoms. The van der Waals surface area contributed by atoms with Crippen LogP contribution in [0.15, 0.2) is 60.7 Å². The average molecular weight is 432 g/mol. The van der Waals surface area contributed by atoms with Gasteiger partial charge in [-0.1, -0.05) is 42.5 Å². The summed E-state index contributed by atoms with van der Waals surface area (Å²) in [4.78, 5) is 9.56. The summed E-state index contributed by atoms with van der Waals surface area (Å²) in [5.74, 6) is 0.698. The number of anilines is 1. The SMILES string of the molecule is Cc1nn2c(N3CCN(CCO)CC3)cc(-c3ccccc3)nc2c1-c1cccc(F)c1. The summed E-state index contributed by atoms with van der Waals surface area (Å²) in [6.07, 6.45) is 0. The van der Waals surface area contributed by atoms with Crippen LogP contribution in [0.1, 0.15) is 5.69 Å². The molecule has 0 aliphatic carbocycles. The van der Waals surface area contributed by atoms with E-state index in [1.807, 2.05) is 47.8 Å². The molecule has 6 nitrogen and oxygen atoms in total. The first-order chi connectivity index (χ1) is 15.6. The van der Waals surface area contributed by atoms with Gasteiger partial charge in [-0.15, -0.1) is 0 Å². The summed E-state index contributed by atoms with van der Waals surface area (Å²) in [5, 5.41) is 14.1. The molecular weight excluding hydrogens is 405 g/mol. The van der Waals surface area contributed by atoms with E-state index in [0.717, 1.165) is 65.7 Å². The number of benzene rings is 2. The molecule has 2 aromatic carbocycles. The summed E-state index contributed by atoms with van der Waals surface area (Å²) in [6.45, 7) is 6.24. The molecule has 0 bridgehead atoms. The lowest BCUT2D eigenvalue weighted by Crippen LogP contribution is -2.47. The molecule has 0 saturated carbocycles. The Kier molecular flexibility index (Phi) is 5.59. The Morgan fingerprint density at radius 3 is 2.41 bits per heavy atom. The van der Waals surface area contributed by atoms with Crippen LogP contribution >= 0.6 is 0 Å². The Morgan fingerprint density at radius 1 is 0.938 bits per heavy atom. The number of hydrogen-bond donors (Lipinski definition) is 1. The lowest BCUT2D eigenvalue weighted by molar-refractivity contribution is 0.188. The maximum absolute atomic E-state index is 14.0. The van der Waals surface area contributed by atoms with Crippen molar-refractivity contribution in [1.29, 1.82) is 0 Å². The molecule has 0 atom stereocenters. The molecule has 1 aliphatic heterocycles. The van der Waals surface area contributed by atoms with Crippen molar-refractivity contribution < 1.29 is 9.50 Å². The van der Waals surface area contributed by atoms with Gasteiger partial charge in [-0.25, -0.2) is 9.37 Å². The highest BCUT2D eigenvalue weighted by Gasteiger charge is 2.23. The second-order valence-electron chi connectivity index (χ2n) is 8.12. The Hall–Kier alpha value is -3.29. The third kappa shape index (κ3) is 3.85. The molecule has 5 rings (SSSR count). The van der Waals surface area contributed by atoms with Crippen LogP contribution in [0.5, 0.6) is 0 Å². The molecule has 1 saturated heterocycles. The van der Waals surface area contributed by atoms with Gasteiger partial charge in [0.05, 0.1) is 18.0 Å². The summed E-state index contributed by atoms with van der Waals surface area (Å²) in [7, 11) is 0. The number of nitrogens with zero attached hydrogens (tertiary/aromatic N) is 5. The summed E-state index contributed by atoms with van der Waals surface area (Å²) in [6, 6.07) is 18.8. The molecule has 0 amide bonds. The molecule has 0 unspecified atom stereocenters. The monoisotopic (exact) mass is 431 g/mol. The Bertz CT molecular complexity index is 1230. The van der Waals surface area contributed by atoms with Gasteiger partial charge >= 0.3 is 0 Å². The van der Waals surface area contributed by atoms with Gasteiger partial charge < -0.3 is 10.0 Å². The third-order valence-electron chi connectivity index (χ3n) is 6.04. The van der Waals surface area contributed by atoms with E-state index in [1.54, 1.807) is 6.07 Å². The van der Waals surface area contributed by atoms with Crippen molar-refractivity contribution in [3.8, 4) is 22.4 Å². The highest BCUT2D eigenvalue weighted by molar-refractivity contribution is 5.83. The van der Waals surface area contributed by atoms with Gasteiger partial charge in [-0.05, 0) is 24.6 Å². The molecule has 1 N–H and O–H groups in total. The summed E-state index contributed by atoms with van der Waals surface area (Å²) < 4.78 is 15.9. The quantitative estimate of drug-likeness (QED) is 0.523. The van der Waals surface area contributed by atoms with Crippen LogP contribution in [0.4, 0.5) is 10.2 Å². The molecule has 3 heterocycles. The van der Waals surface area contributed by atoms with Crippen LogP contribution in [0, 0.1) is 12.7 Å². The van der Waals surface area contributed by atoms with Crippen LogP contribution in [-0.2, 0) is 0 Å². The van der Waals surface area contributed by atoms with E-state index in [1.165, 1.54) is 12.1 Å². The molecule has 4 aromatic rings. The number of β-amino-alcohol motifs (C(OH)–C–C–N with tert-alkyl or cyclic N) is 1. The van der Waals surface area contributed by atoms with Crippen LogP contribution in [-0.4, -0.2) is 63.9 Å². The van der Waals surface area contributed by atoms with E-state index in [9.17, 15) is 9.50 Å². The van der Waals surface area contributed by atoms with E-state index in [-0.39, 0.29) is 12.4 Å². The number of aliphatic hydroxyl groups excluding tert-OH is 1. The van der Waals surface area contributed by atoms with Gasteiger partial charge in [-0.3, -0.25) is 4.90 Å². The van der Waals surface area contributed by atoms with E-state index >= 15 is 0 Å². The zero-order valence-corrected chi connectivity index (χ0v) is 18.1. The van der Waals surface area contributed by atoms with E-state index in [4.69, 9.17) is 10.1 Å². The van der Waals surface area contributed by atoms with Gasteiger partial charge in [0.1, 0.15) is 11.6 Å². The zero-order chi connectivity index (χ0) is 22.1. The molecule has 32 heavy (non-hydrogen) atoms. The highest BCUT2D eigenvalue weighted by Crippen LogP contribution is 2.33. The molecule has 1 fully saturated rings. The first kappa shape index (κ1) is 20.6. The molecular formula is C25H26FN5O. The van der Waals surface area contributed by atoms with Gasteiger partial charge in [0.2, 0.25) is 0 Å². The predicted octanol–water partition coefficient (Wildman–Crippen LogP) is 3.63. The molecule has 1 aliphatic rings. The van der Waals surface area contributed by atoms with Crippen molar-refractivity contribution in [2.45, 2.75) is 6.92 Å². The van der Waals surface area contributed by atoms with Gasteiger partial charge in [-0.2, -0.15) is 9.61 Å². The maximum atomic E-state index is 14.0. The maximum Gasteiger partial charge on any atom is 0.166 e. The average Bonchev–Trinajstić information content (AvgIpc) is 3.15. The number of fused-ring (bicyclic) bond motifs is 1. The van der Waals surface area contributed by atoms with Gasteiger partial charge in [0, 0.05) is 49.9 Å². The van der Waals surface area contributed by atoms with E-state index in [2.05, 4.69) is 15.9 Å². The fraction of sp³-hybridized carbons (Fsp3) is 0.280. The number of aromatic nitrogens is 3. The number of aryl methyl sites for hydroxylation is 1. The lowest BCUT2D eigenvalue weighted by atomic mass is 10.1. The minimum atomic E-state index is -0.277. The largest absolute Gasteiger partial charge is 0.395 e. The van der Waals surface area contributed by atoms with E-state index < -0.39 is 0 Å². The zero-order valence-electron chi connectivity index (χ0n) is 18.1. The molecule has 0 spiro atoms. The Labute approximate surface area is 186 Å². The first-order valence-corrected chi connectivity index (χ1v) is 10.9. The first-order valence-electron chi connectivity index (χ1n) is 10.9. The fourth-order valence-electron chi connectivity index (χ4n) is 4.41. The standard InChI is InChI=1S/C25H26FN5O/c1-18-24(20-8-5-9-21(26)16-20)25-27-22(19-6-3-2-4-7-19)17-23(31(25)28-18)30-12-10-29(11-13-30)14-15-32/h2-9,16-17,32H,10-15H2,1H3. The summed E-state index contributed by atoms with van der Waals surface area (Å²) >= 11 is 0. The smallest absolute Gasteiger partial charge is 0.166 e. The number of rotatable bonds is 5. The summed E-state index contributed by atoms with van der Waals surface area (Å²) in [5.41, 5.74) is 5.05. The van der Waals surface area contributed by atoms with Crippen LogP contribution in [0.25, 0.3) is 28.0 Å². The van der Waals surface area contributed by atoms with Crippen LogP contribution < -0.4 is 4.90 Å². The third-order valence-corrected chi connectivity index (χ3v) is 6.04. The minimum absolute atomic E-state index is 0.174. The molecule has 0 radical (unpaired) electrons. The molecule has 2 aromatic heterocycles. The van der Waals surface area contributed by atoms with Crippen molar-refractivity contribution in [3.63, 3.8) is 0 Å². The van der Waals surface area contributed by atoms with Crippen LogP contribution in [0.3, 0.4) is 0 Å². The minimum Gasteiger partial charge on any atom is -0.395 e. The van der Waals surface area contributed by atoms with Crippen molar-refractivity contribution in [3.05, 3.63) is 72.2 Å². The second kappa shape index (κ2) is 8.68. The Morgan fingerprint density at radius 2 is 1.69 bits per heavy atom. The highest BCUT2D eigenvalue weighted by atomic mass is 19.1. The van der Waals surface area contributed by atoms with Crippen molar-refractivity contribution in [1.82, 2.24) is 19.5 Å². The van der Waals surface area contributed by atoms with Gasteiger partial charge in [0.15, 0.2) is 5.65 Å². The van der Waals surface area contributed by atoms with Gasteiger partial charge in [0.25, 0.3) is 0 Å². The normalized spacial score (nSPS) is 14.9. The predicted molar refractivity (Wildman–Crippen MR) is 124 cm³/mol. The van der Waals surface area contributed by atoms with Crippen molar-refractivity contribution in [2.75, 3.05) is 44.2 Å². The van der Waals surface area contributed by atoms with Crippen molar-refractivity contribution >= 4 is 11.5 Å². The Balaban J connectivity index is 1.67.